The van der Waals surface area contributed by atoms with Gasteiger partial charge in [0.1, 0.15) is 12.1 Å². The second kappa shape index (κ2) is 15.8. The number of carbonyl (C=O) groups excluding carboxylic acids is 4. The molecule has 1 aliphatic rings. The number of rotatable bonds is 13. The third-order valence-corrected chi connectivity index (χ3v) is 7.93. The molecule has 0 aliphatic carbocycles. The monoisotopic (exact) mass is 656 g/mol. The number of aromatic nitrogens is 1. The minimum atomic E-state index is -4.54. The summed E-state index contributed by atoms with van der Waals surface area (Å²) >= 11 is 0. The van der Waals surface area contributed by atoms with Crippen molar-refractivity contribution < 1.29 is 32.3 Å². The molecule has 2 aromatic carbocycles. The van der Waals surface area contributed by atoms with E-state index >= 15 is 0 Å². The number of carbonyl (C=O) groups is 4. The molecule has 12 nitrogen and oxygen atoms in total. The zero-order valence-electron chi connectivity index (χ0n) is 25.7. The summed E-state index contributed by atoms with van der Waals surface area (Å²) in [6, 6.07) is 9.54. The van der Waals surface area contributed by atoms with E-state index in [1.165, 1.54) is 21.9 Å². The number of nitrogens with zero attached hydrogens (tertiary/aromatic N) is 3. The van der Waals surface area contributed by atoms with Crippen molar-refractivity contribution in [1.82, 2.24) is 20.1 Å². The molecule has 252 valence electrons. The fourth-order valence-corrected chi connectivity index (χ4v) is 5.52. The molecule has 0 spiro atoms. The minimum absolute atomic E-state index is 0.127. The predicted molar refractivity (Wildman–Crippen MR) is 169 cm³/mol. The number of hydrogen-bond donors (Lipinski definition) is 5. The molecule has 1 saturated heterocycles. The van der Waals surface area contributed by atoms with Crippen LogP contribution in [-0.2, 0) is 31.8 Å². The Bertz CT molecular complexity index is 1560. The number of benzene rings is 2. The van der Waals surface area contributed by atoms with Crippen molar-refractivity contribution in [3.63, 3.8) is 0 Å². The summed E-state index contributed by atoms with van der Waals surface area (Å²) in [4.78, 5) is 60.2. The van der Waals surface area contributed by atoms with Crippen LogP contribution in [-0.4, -0.2) is 89.3 Å². The van der Waals surface area contributed by atoms with Crippen molar-refractivity contribution in [2.45, 2.75) is 50.0 Å². The van der Waals surface area contributed by atoms with E-state index in [-0.39, 0.29) is 57.9 Å². The Morgan fingerprint density at radius 3 is 2.38 bits per heavy atom. The average Bonchev–Trinajstić information content (AvgIpc) is 3.54. The Morgan fingerprint density at radius 1 is 1.02 bits per heavy atom. The summed E-state index contributed by atoms with van der Waals surface area (Å²) in [5.41, 5.74) is 17.9. The van der Waals surface area contributed by atoms with E-state index < -0.39 is 47.6 Å². The number of alkyl halides is 3. The zero-order chi connectivity index (χ0) is 34.1. The van der Waals surface area contributed by atoms with E-state index in [1.54, 1.807) is 30.5 Å². The van der Waals surface area contributed by atoms with Gasteiger partial charge in [-0.25, -0.2) is 0 Å². The Kier molecular flexibility index (Phi) is 11.9. The molecule has 4 amide bonds. The molecule has 15 heteroatoms. The molecule has 0 bridgehead atoms. The van der Waals surface area contributed by atoms with E-state index in [0.29, 0.717) is 23.2 Å². The number of nitrogens with one attached hydrogen (secondary N) is 2. The van der Waals surface area contributed by atoms with Gasteiger partial charge in [0.05, 0.1) is 23.5 Å². The summed E-state index contributed by atoms with van der Waals surface area (Å²) in [6.45, 7) is 1.15. The molecule has 3 atom stereocenters. The maximum Gasteiger partial charge on any atom is 0.416 e. The van der Waals surface area contributed by atoms with Gasteiger partial charge < -0.3 is 37.6 Å². The fraction of sp³-hybridized carbons (Fsp3) is 0.406. The maximum atomic E-state index is 13.6. The van der Waals surface area contributed by atoms with Crippen LogP contribution in [0.15, 0.2) is 60.8 Å². The van der Waals surface area contributed by atoms with Gasteiger partial charge in [-0.05, 0) is 54.8 Å². The molecule has 3 aromatic rings. The van der Waals surface area contributed by atoms with Crippen LogP contribution in [0.1, 0.15) is 30.4 Å². The fourth-order valence-electron chi connectivity index (χ4n) is 5.52. The first-order chi connectivity index (χ1) is 22.4. The van der Waals surface area contributed by atoms with Crippen LogP contribution in [0.2, 0.25) is 0 Å². The van der Waals surface area contributed by atoms with Crippen LogP contribution >= 0.6 is 0 Å². The number of hydrogen-bond acceptors (Lipinski definition) is 8. The highest BCUT2D eigenvalue weighted by Gasteiger charge is 2.38. The van der Waals surface area contributed by atoms with E-state index in [1.807, 2.05) is 6.07 Å². The molecule has 1 aliphatic heterocycles. The summed E-state index contributed by atoms with van der Waals surface area (Å²) in [7, 11) is 0. The van der Waals surface area contributed by atoms with Gasteiger partial charge in [0.2, 0.25) is 23.6 Å². The summed E-state index contributed by atoms with van der Waals surface area (Å²) < 4.78 is 39.4. The van der Waals surface area contributed by atoms with Crippen molar-refractivity contribution in [2.24, 2.45) is 17.2 Å². The predicted octanol–water partition coefficient (Wildman–Crippen LogP) is 1.37. The van der Waals surface area contributed by atoms with Crippen LogP contribution in [0.3, 0.4) is 0 Å². The van der Waals surface area contributed by atoms with Gasteiger partial charge >= 0.3 is 6.18 Å². The van der Waals surface area contributed by atoms with Crippen LogP contribution in [0.4, 0.5) is 18.9 Å². The molecule has 1 fully saturated rings. The third-order valence-electron chi connectivity index (χ3n) is 7.93. The first kappa shape index (κ1) is 35.3. The standard InChI is InChI=1S/C32H39F3N8O4/c33-32(34,35)22-7-5-20(6-8-22)17-26(29(45)40-23-9-10-25-21(18-23)3-1-13-39-25)41-30(46)27-4-2-14-43(27)31(47)24(38)19-28(44)42(15-11-36)16-12-37/h1,3,5-10,13,18,24,26-27H,2,4,11-12,14-17,19,36-38H2,(H,40,45)(H,41,46)/t24-,26+,27+/m0/s1. The van der Waals surface area contributed by atoms with Crippen molar-refractivity contribution in [3.05, 3.63) is 71.9 Å². The first-order valence-electron chi connectivity index (χ1n) is 15.3. The summed E-state index contributed by atoms with van der Waals surface area (Å²) in [5.74, 6) is -2.22. The highest BCUT2D eigenvalue weighted by atomic mass is 19.4. The second-order valence-electron chi connectivity index (χ2n) is 11.3. The smallest absolute Gasteiger partial charge is 0.342 e. The zero-order valence-corrected chi connectivity index (χ0v) is 25.7. The molecular formula is C32H39F3N8O4. The second-order valence-corrected chi connectivity index (χ2v) is 11.3. The lowest BCUT2D eigenvalue weighted by Crippen LogP contribution is -2.55. The molecule has 8 N–H and O–H groups in total. The van der Waals surface area contributed by atoms with Gasteiger partial charge in [-0.15, -0.1) is 0 Å². The molecule has 0 saturated carbocycles. The Hall–Kier alpha value is -4.60. The largest absolute Gasteiger partial charge is 0.416 e. The van der Waals surface area contributed by atoms with Crippen LogP contribution in [0.5, 0.6) is 0 Å². The Labute approximate surface area is 269 Å². The molecule has 0 unspecified atom stereocenters. The van der Waals surface area contributed by atoms with E-state index in [4.69, 9.17) is 17.2 Å². The minimum Gasteiger partial charge on any atom is -0.342 e. The average molecular weight is 657 g/mol. The van der Waals surface area contributed by atoms with Crippen molar-refractivity contribution >= 4 is 40.2 Å². The Balaban J connectivity index is 1.50. The van der Waals surface area contributed by atoms with E-state index in [2.05, 4.69) is 15.6 Å². The Morgan fingerprint density at radius 2 is 1.72 bits per heavy atom. The van der Waals surface area contributed by atoms with Crippen LogP contribution in [0, 0.1) is 0 Å². The molecule has 2 heterocycles. The lowest BCUT2D eigenvalue weighted by Gasteiger charge is -2.29. The van der Waals surface area contributed by atoms with Gasteiger partial charge in [-0.3, -0.25) is 24.2 Å². The first-order valence-corrected chi connectivity index (χ1v) is 15.3. The molecule has 4 rings (SSSR count). The van der Waals surface area contributed by atoms with Crippen molar-refractivity contribution in [3.8, 4) is 0 Å². The van der Waals surface area contributed by atoms with Gasteiger partial charge in [0.25, 0.3) is 0 Å². The van der Waals surface area contributed by atoms with Crippen LogP contribution in [0.25, 0.3) is 10.9 Å². The lowest BCUT2D eigenvalue weighted by molar-refractivity contribution is -0.142. The van der Waals surface area contributed by atoms with Gasteiger partial charge in [-0.2, -0.15) is 13.2 Å². The summed E-state index contributed by atoms with van der Waals surface area (Å²) in [6.07, 6.45) is -2.56. The SMILES string of the molecule is NCCN(CCN)C(=O)C[C@H](N)C(=O)N1CCC[C@@H]1C(=O)N[C@H](Cc1ccc(C(F)(F)F)cc1)C(=O)Nc1ccc2ncccc2c1. The number of pyridine rings is 1. The quantitative estimate of drug-likeness (QED) is 0.182. The van der Waals surface area contributed by atoms with Crippen molar-refractivity contribution in [1.29, 1.82) is 0 Å². The van der Waals surface area contributed by atoms with Crippen molar-refractivity contribution in [2.75, 3.05) is 38.0 Å². The van der Waals surface area contributed by atoms with Gasteiger partial charge in [0.15, 0.2) is 0 Å². The number of anilines is 1. The molecule has 1 aromatic heterocycles. The number of amides is 4. The van der Waals surface area contributed by atoms with Crippen LogP contribution < -0.4 is 27.8 Å². The number of likely N-dealkylation sites (tertiary alicyclic amines) is 1. The number of fused-ring (bicyclic) bond motifs is 1. The topological polar surface area (TPSA) is 190 Å². The van der Waals surface area contributed by atoms with Gasteiger partial charge in [0, 0.05) is 56.4 Å². The third kappa shape index (κ3) is 9.24. The number of nitrogens with two attached hydrogens (primary N) is 3. The molecular weight excluding hydrogens is 617 g/mol. The van der Waals surface area contributed by atoms with Gasteiger partial charge in [-0.1, -0.05) is 18.2 Å². The highest BCUT2D eigenvalue weighted by Crippen LogP contribution is 2.29. The maximum absolute atomic E-state index is 13.6. The molecule has 47 heavy (non-hydrogen) atoms. The molecule has 0 radical (unpaired) electrons. The normalized spacial score (nSPS) is 16.0. The lowest BCUT2D eigenvalue weighted by atomic mass is 10.0. The summed E-state index contributed by atoms with van der Waals surface area (Å²) in [5, 5.41) is 6.23. The van der Waals surface area contributed by atoms with E-state index in [0.717, 1.165) is 17.5 Å². The van der Waals surface area contributed by atoms with E-state index in [9.17, 15) is 32.3 Å². The highest BCUT2D eigenvalue weighted by molar-refractivity contribution is 6.00. The number of halogens is 3.